The van der Waals surface area contributed by atoms with Gasteiger partial charge >= 0.3 is 0 Å². The topological polar surface area (TPSA) is 108 Å². The maximum Gasteiger partial charge on any atom is 0.272 e. The summed E-state index contributed by atoms with van der Waals surface area (Å²) in [6.45, 7) is 1.46. The van der Waals surface area contributed by atoms with Crippen LogP contribution < -0.4 is 10.1 Å². The molecule has 2 aromatic carbocycles. The zero-order chi connectivity index (χ0) is 24.1. The molecule has 0 unspecified atom stereocenters. The Bertz CT molecular complexity index is 1190. The van der Waals surface area contributed by atoms with Gasteiger partial charge in [0, 0.05) is 30.7 Å². The van der Waals surface area contributed by atoms with Crippen molar-refractivity contribution >= 4 is 33.7 Å². The van der Waals surface area contributed by atoms with E-state index in [1.165, 1.54) is 0 Å². The van der Waals surface area contributed by atoms with E-state index in [9.17, 15) is 14.4 Å². The van der Waals surface area contributed by atoms with Gasteiger partial charge in [-0.3, -0.25) is 19.5 Å². The lowest BCUT2D eigenvalue weighted by atomic mass is 10.1. The first kappa shape index (κ1) is 23.5. The number of hydrogen-bond acceptors (Lipinski definition) is 5. The summed E-state index contributed by atoms with van der Waals surface area (Å²) >= 11 is 3.41. The fourth-order valence-electron chi connectivity index (χ4n) is 3.69. The highest BCUT2D eigenvalue weighted by atomic mass is 79.9. The summed E-state index contributed by atoms with van der Waals surface area (Å²) in [6, 6.07) is 16.4. The highest BCUT2D eigenvalue weighted by Gasteiger charge is 2.26. The number of H-pyrrole nitrogens is 1. The first-order valence-corrected chi connectivity index (χ1v) is 11.5. The monoisotopic (exact) mass is 525 g/mol. The third-order valence-electron chi connectivity index (χ3n) is 5.62. The molecule has 1 aromatic heterocycles. The van der Waals surface area contributed by atoms with Gasteiger partial charge in [0.1, 0.15) is 5.75 Å². The van der Waals surface area contributed by atoms with Gasteiger partial charge in [0.25, 0.3) is 11.8 Å². The average molecular weight is 526 g/mol. The molecule has 9 nitrogen and oxygen atoms in total. The second kappa shape index (κ2) is 10.5. The van der Waals surface area contributed by atoms with Crippen molar-refractivity contribution in [2.45, 2.75) is 0 Å². The van der Waals surface area contributed by atoms with Gasteiger partial charge in [-0.25, -0.2) is 0 Å². The lowest BCUT2D eigenvalue weighted by molar-refractivity contribution is -0.131. The number of benzene rings is 2. The van der Waals surface area contributed by atoms with E-state index in [0.29, 0.717) is 42.0 Å². The standard InChI is InChI=1S/C24H24BrN5O4/c1-34-17-7-8-19(25)18(13-17)24(33)30-11-9-29(10-12-30)22(31)15-26-23(32)21-14-20(27-28-21)16-5-3-2-4-6-16/h2-8,13-14H,9-12,15H2,1H3,(H,26,32)(H,27,28). The number of nitrogens with one attached hydrogen (secondary N) is 2. The molecular formula is C24H24BrN5O4. The van der Waals surface area contributed by atoms with Crippen LogP contribution in [0.2, 0.25) is 0 Å². The molecule has 1 fully saturated rings. The Kier molecular flexibility index (Phi) is 7.27. The molecule has 0 bridgehead atoms. The average Bonchev–Trinajstić information content (AvgIpc) is 3.38. The second-order valence-corrected chi connectivity index (χ2v) is 8.59. The van der Waals surface area contributed by atoms with Crippen molar-refractivity contribution in [1.29, 1.82) is 0 Å². The summed E-state index contributed by atoms with van der Waals surface area (Å²) in [5, 5.41) is 9.51. The molecule has 1 aliphatic rings. The summed E-state index contributed by atoms with van der Waals surface area (Å²) in [5.41, 5.74) is 2.37. The number of rotatable bonds is 6. The largest absolute Gasteiger partial charge is 0.497 e. The van der Waals surface area contributed by atoms with Crippen LogP contribution >= 0.6 is 15.9 Å². The van der Waals surface area contributed by atoms with Crippen LogP contribution in [0.25, 0.3) is 11.3 Å². The smallest absolute Gasteiger partial charge is 0.272 e. The van der Waals surface area contributed by atoms with Crippen LogP contribution in [-0.4, -0.2) is 77.6 Å². The molecule has 1 saturated heterocycles. The summed E-state index contributed by atoms with van der Waals surface area (Å²) in [6.07, 6.45) is 0. The molecule has 0 atom stereocenters. The number of aromatic amines is 1. The van der Waals surface area contributed by atoms with Gasteiger partial charge < -0.3 is 19.9 Å². The summed E-state index contributed by atoms with van der Waals surface area (Å²) in [4.78, 5) is 41.3. The lowest BCUT2D eigenvalue weighted by Crippen LogP contribution is -2.52. The van der Waals surface area contributed by atoms with Gasteiger partial charge in [-0.1, -0.05) is 30.3 Å². The molecular weight excluding hydrogens is 502 g/mol. The van der Waals surface area contributed by atoms with Crippen LogP contribution in [0.5, 0.6) is 5.75 Å². The Morgan fingerprint density at radius 3 is 2.44 bits per heavy atom. The van der Waals surface area contributed by atoms with Crippen molar-refractivity contribution in [3.63, 3.8) is 0 Å². The quantitative estimate of drug-likeness (QED) is 0.514. The predicted octanol–water partition coefficient (Wildman–Crippen LogP) is 2.56. The van der Waals surface area contributed by atoms with Gasteiger partial charge in [0.15, 0.2) is 5.69 Å². The number of hydrogen-bond donors (Lipinski definition) is 2. The van der Waals surface area contributed by atoms with E-state index in [1.807, 2.05) is 30.3 Å². The number of piperazine rings is 1. The number of nitrogens with zero attached hydrogens (tertiary/aromatic N) is 3. The van der Waals surface area contributed by atoms with E-state index in [2.05, 4.69) is 31.4 Å². The molecule has 4 rings (SSSR count). The third-order valence-corrected chi connectivity index (χ3v) is 6.31. The van der Waals surface area contributed by atoms with Crippen molar-refractivity contribution in [3.05, 3.63) is 70.3 Å². The molecule has 176 valence electrons. The van der Waals surface area contributed by atoms with Gasteiger partial charge in [0.05, 0.1) is 24.9 Å². The van der Waals surface area contributed by atoms with Crippen LogP contribution in [0.15, 0.2) is 59.1 Å². The Morgan fingerprint density at radius 1 is 1.03 bits per heavy atom. The van der Waals surface area contributed by atoms with Crippen molar-refractivity contribution in [2.24, 2.45) is 0 Å². The van der Waals surface area contributed by atoms with Crippen molar-refractivity contribution in [1.82, 2.24) is 25.3 Å². The van der Waals surface area contributed by atoms with Gasteiger partial charge in [0.2, 0.25) is 5.91 Å². The van der Waals surface area contributed by atoms with Crippen LogP contribution in [-0.2, 0) is 4.79 Å². The molecule has 3 aromatic rings. The normalized spacial score (nSPS) is 13.5. The summed E-state index contributed by atoms with van der Waals surface area (Å²) < 4.78 is 5.90. The van der Waals surface area contributed by atoms with Crippen molar-refractivity contribution in [2.75, 3.05) is 39.8 Å². The number of carbonyl (C=O) groups excluding carboxylic acids is 3. The molecule has 3 amide bonds. The zero-order valence-corrected chi connectivity index (χ0v) is 20.2. The van der Waals surface area contributed by atoms with E-state index < -0.39 is 5.91 Å². The first-order valence-electron chi connectivity index (χ1n) is 10.8. The number of ether oxygens (including phenoxy) is 1. The van der Waals surface area contributed by atoms with Crippen molar-refractivity contribution < 1.29 is 19.1 Å². The number of carbonyl (C=O) groups is 3. The molecule has 2 heterocycles. The van der Waals surface area contributed by atoms with E-state index in [1.54, 1.807) is 41.2 Å². The van der Waals surface area contributed by atoms with Crippen molar-refractivity contribution in [3.8, 4) is 17.0 Å². The summed E-state index contributed by atoms with van der Waals surface area (Å²) in [7, 11) is 1.55. The predicted molar refractivity (Wildman–Crippen MR) is 130 cm³/mol. The SMILES string of the molecule is COc1ccc(Br)c(C(=O)N2CCN(C(=O)CNC(=O)c3cc(-c4ccccc4)[nH]n3)CC2)c1. The van der Waals surface area contributed by atoms with E-state index in [0.717, 1.165) is 11.3 Å². The van der Waals surface area contributed by atoms with Crippen LogP contribution in [0.1, 0.15) is 20.8 Å². The van der Waals surface area contributed by atoms with Crippen LogP contribution in [0.3, 0.4) is 0 Å². The molecule has 0 radical (unpaired) electrons. The fourth-order valence-corrected chi connectivity index (χ4v) is 4.10. The molecule has 0 saturated carbocycles. The molecule has 0 spiro atoms. The number of aromatic nitrogens is 2. The third kappa shape index (κ3) is 5.28. The highest BCUT2D eigenvalue weighted by Crippen LogP contribution is 2.24. The van der Waals surface area contributed by atoms with Gasteiger partial charge in [-0.05, 0) is 45.8 Å². The molecule has 10 heteroatoms. The second-order valence-electron chi connectivity index (χ2n) is 7.73. The Labute approximate surface area is 205 Å². The van der Waals surface area contributed by atoms with E-state index >= 15 is 0 Å². The minimum absolute atomic E-state index is 0.126. The number of methoxy groups -OCH3 is 1. The minimum atomic E-state index is -0.427. The lowest BCUT2D eigenvalue weighted by Gasteiger charge is -2.35. The van der Waals surface area contributed by atoms with Gasteiger partial charge in [-0.15, -0.1) is 0 Å². The van der Waals surface area contributed by atoms with E-state index in [4.69, 9.17) is 4.74 Å². The van der Waals surface area contributed by atoms with Crippen LogP contribution in [0.4, 0.5) is 0 Å². The first-order chi connectivity index (χ1) is 16.5. The highest BCUT2D eigenvalue weighted by molar-refractivity contribution is 9.10. The molecule has 2 N–H and O–H groups in total. The molecule has 0 aliphatic carbocycles. The Hall–Kier alpha value is -3.66. The molecule has 34 heavy (non-hydrogen) atoms. The maximum atomic E-state index is 12.9. The van der Waals surface area contributed by atoms with Gasteiger partial charge in [-0.2, -0.15) is 5.10 Å². The van der Waals surface area contributed by atoms with E-state index in [-0.39, 0.29) is 24.1 Å². The minimum Gasteiger partial charge on any atom is -0.497 e. The zero-order valence-electron chi connectivity index (χ0n) is 18.6. The summed E-state index contributed by atoms with van der Waals surface area (Å²) in [5.74, 6) is -0.159. The Balaban J connectivity index is 1.27. The molecule has 1 aliphatic heterocycles. The Morgan fingerprint density at radius 2 is 1.74 bits per heavy atom. The number of halogens is 1. The maximum absolute atomic E-state index is 12.9. The fraction of sp³-hybridized carbons (Fsp3) is 0.250. The van der Waals surface area contributed by atoms with Crippen LogP contribution in [0, 0.1) is 0 Å². The number of amides is 3.